The maximum atomic E-state index is 11.8. The molecule has 0 aromatic carbocycles. The molecule has 0 saturated heterocycles. The van der Waals surface area contributed by atoms with Crippen LogP contribution >= 0.6 is 0 Å². The molecule has 1 fully saturated rings. The minimum absolute atomic E-state index is 0.0736. The summed E-state index contributed by atoms with van der Waals surface area (Å²) < 4.78 is 0. The second-order valence-corrected chi connectivity index (χ2v) is 6.66. The summed E-state index contributed by atoms with van der Waals surface area (Å²) in [5, 5.41) is 6.39. The van der Waals surface area contributed by atoms with Gasteiger partial charge in [0.2, 0.25) is 5.91 Å². The summed E-state index contributed by atoms with van der Waals surface area (Å²) in [7, 11) is 0. The van der Waals surface area contributed by atoms with Gasteiger partial charge in [0.05, 0.1) is 0 Å². The maximum Gasteiger partial charge on any atom is 0.222 e. The van der Waals surface area contributed by atoms with Crippen molar-refractivity contribution in [3.8, 4) is 0 Å². The average Bonchev–Trinajstić information content (AvgIpc) is 3.04. The molecule has 18 heavy (non-hydrogen) atoms. The highest BCUT2D eigenvalue weighted by atomic mass is 16.1. The van der Waals surface area contributed by atoms with Crippen LogP contribution in [0.3, 0.4) is 0 Å². The van der Waals surface area contributed by atoms with Crippen molar-refractivity contribution < 1.29 is 4.79 Å². The molecule has 1 aliphatic rings. The Morgan fingerprint density at radius 1 is 1.39 bits per heavy atom. The third-order valence-corrected chi connectivity index (χ3v) is 3.39. The van der Waals surface area contributed by atoms with Crippen LogP contribution in [0, 0.1) is 11.8 Å². The summed E-state index contributed by atoms with van der Waals surface area (Å²) in [4.78, 5) is 11.8. The number of hydrogen-bond acceptors (Lipinski definition) is 3. The first-order valence-electron chi connectivity index (χ1n) is 7.06. The number of nitrogens with one attached hydrogen (secondary N) is 2. The third kappa shape index (κ3) is 6.36. The minimum Gasteiger partial charge on any atom is -0.351 e. The minimum atomic E-state index is -0.169. The fourth-order valence-electron chi connectivity index (χ4n) is 2.12. The molecule has 0 aliphatic heterocycles. The fraction of sp³-hybridized carbons (Fsp3) is 0.929. The molecule has 2 atom stereocenters. The Morgan fingerprint density at radius 3 is 2.44 bits per heavy atom. The maximum absolute atomic E-state index is 11.8. The zero-order valence-corrected chi connectivity index (χ0v) is 12.3. The summed E-state index contributed by atoms with van der Waals surface area (Å²) in [6.45, 7) is 9.72. The number of nitrogens with two attached hydrogens (primary N) is 1. The molecule has 4 N–H and O–H groups in total. The van der Waals surface area contributed by atoms with Crippen LogP contribution in [0.25, 0.3) is 0 Å². The van der Waals surface area contributed by atoms with E-state index in [1.807, 2.05) is 20.8 Å². The Morgan fingerprint density at radius 2 is 2.00 bits per heavy atom. The van der Waals surface area contributed by atoms with Crippen molar-refractivity contribution in [2.45, 2.75) is 58.5 Å². The largest absolute Gasteiger partial charge is 0.351 e. The van der Waals surface area contributed by atoms with Gasteiger partial charge in [-0.25, -0.2) is 0 Å². The topological polar surface area (TPSA) is 67.1 Å². The lowest BCUT2D eigenvalue weighted by Gasteiger charge is -2.24. The molecule has 4 heteroatoms. The van der Waals surface area contributed by atoms with E-state index in [2.05, 4.69) is 17.6 Å². The predicted molar refractivity (Wildman–Crippen MR) is 75.2 cm³/mol. The van der Waals surface area contributed by atoms with Crippen molar-refractivity contribution in [1.29, 1.82) is 0 Å². The van der Waals surface area contributed by atoms with Gasteiger partial charge in [0.1, 0.15) is 0 Å². The Bertz CT molecular complexity index is 269. The van der Waals surface area contributed by atoms with Gasteiger partial charge in [0.25, 0.3) is 0 Å². The van der Waals surface area contributed by atoms with Crippen molar-refractivity contribution in [3.63, 3.8) is 0 Å². The smallest absolute Gasteiger partial charge is 0.222 e. The molecule has 0 radical (unpaired) electrons. The molecule has 1 aliphatic carbocycles. The van der Waals surface area contributed by atoms with E-state index in [4.69, 9.17) is 5.73 Å². The molecule has 0 heterocycles. The lowest BCUT2D eigenvalue weighted by molar-refractivity contribution is -0.122. The molecule has 1 rings (SSSR count). The molecule has 1 saturated carbocycles. The van der Waals surface area contributed by atoms with E-state index < -0.39 is 0 Å². The molecule has 2 unspecified atom stereocenters. The quantitative estimate of drug-likeness (QED) is 0.641. The van der Waals surface area contributed by atoms with E-state index in [1.165, 1.54) is 12.8 Å². The van der Waals surface area contributed by atoms with Crippen LogP contribution in [0.4, 0.5) is 0 Å². The lowest BCUT2D eigenvalue weighted by Crippen LogP contribution is -2.46. The van der Waals surface area contributed by atoms with E-state index >= 15 is 0 Å². The molecule has 4 nitrogen and oxygen atoms in total. The number of hydrogen-bond donors (Lipinski definition) is 3. The highest BCUT2D eigenvalue weighted by Gasteiger charge is 2.28. The van der Waals surface area contributed by atoms with E-state index in [1.54, 1.807) is 0 Å². The normalized spacial score (nSPS) is 19.4. The molecule has 0 aromatic rings. The molecule has 106 valence electrons. The van der Waals surface area contributed by atoms with Crippen molar-refractivity contribution in [2.24, 2.45) is 17.6 Å². The van der Waals surface area contributed by atoms with Crippen LogP contribution in [0.5, 0.6) is 0 Å². The summed E-state index contributed by atoms with van der Waals surface area (Å²) in [6, 6.07) is 0.0912. The number of carbonyl (C=O) groups excluding carboxylic acids is 1. The first-order chi connectivity index (χ1) is 8.31. The predicted octanol–water partition coefficient (Wildman–Crippen LogP) is 1.25. The first kappa shape index (κ1) is 15.4. The molecule has 0 bridgehead atoms. The van der Waals surface area contributed by atoms with E-state index in [9.17, 15) is 4.79 Å². The molecular weight excluding hydrogens is 226 g/mol. The zero-order valence-electron chi connectivity index (χ0n) is 12.3. The van der Waals surface area contributed by atoms with Crippen LogP contribution in [0.2, 0.25) is 0 Å². The monoisotopic (exact) mass is 255 g/mol. The lowest BCUT2D eigenvalue weighted by atomic mass is 10.0. The van der Waals surface area contributed by atoms with Gasteiger partial charge in [-0.15, -0.1) is 0 Å². The average molecular weight is 255 g/mol. The molecule has 1 amide bonds. The van der Waals surface area contributed by atoms with Gasteiger partial charge in [-0.2, -0.15) is 0 Å². The van der Waals surface area contributed by atoms with Crippen LogP contribution in [0.1, 0.15) is 47.0 Å². The number of amides is 1. The number of carbonyl (C=O) groups is 1. The summed E-state index contributed by atoms with van der Waals surface area (Å²) >= 11 is 0. The Balaban J connectivity index is 2.25. The Kier molecular flexibility index (Phi) is 5.60. The van der Waals surface area contributed by atoms with Crippen molar-refractivity contribution >= 4 is 5.91 Å². The van der Waals surface area contributed by atoms with E-state index in [0.717, 1.165) is 12.5 Å². The highest BCUT2D eigenvalue weighted by Crippen LogP contribution is 2.36. The third-order valence-electron chi connectivity index (χ3n) is 3.39. The molecular formula is C14H29N3O. The molecule has 0 spiro atoms. The SMILES string of the molecule is CC(CNC(CN)CC(=O)NC(C)(C)C)C1CC1. The van der Waals surface area contributed by atoms with Gasteiger partial charge in [-0.3, -0.25) is 4.79 Å². The van der Waals surface area contributed by atoms with Crippen LogP contribution in [-0.2, 0) is 4.79 Å². The van der Waals surface area contributed by atoms with Crippen LogP contribution in [-0.4, -0.2) is 30.6 Å². The number of rotatable bonds is 7. The second-order valence-electron chi connectivity index (χ2n) is 6.66. The van der Waals surface area contributed by atoms with Crippen molar-refractivity contribution in [1.82, 2.24) is 10.6 Å². The van der Waals surface area contributed by atoms with E-state index in [0.29, 0.717) is 18.9 Å². The Hall–Kier alpha value is -0.610. The fourth-order valence-corrected chi connectivity index (χ4v) is 2.12. The van der Waals surface area contributed by atoms with Gasteiger partial charge in [-0.05, 0) is 52.0 Å². The summed E-state index contributed by atoms with van der Waals surface area (Å²) in [5.74, 6) is 1.66. The van der Waals surface area contributed by atoms with Gasteiger partial charge < -0.3 is 16.4 Å². The Labute approximate surface area is 111 Å². The van der Waals surface area contributed by atoms with Crippen molar-refractivity contribution in [2.75, 3.05) is 13.1 Å². The van der Waals surface area contributed by atoms with Gasteiger partial charge in [0, 0.05) is 24.5 Å². The summed E-state index contributed by atoms with van der Waals surface area (Å²) in [5.41, 5.74) is 5.55. The molecule has 0 aromatic heterocycles. The van der Waals surface area contributed by atoms with Crippen LogP contribution < -0.4 is 16.4 Å². The highest BCUT2D eigenvalue weighted by molar-refractivity contribution is 5.77. The standard InChI is InChI=1S/C14H29N3O/c1-10(11-5-6-11)9-16-12(8-15)7-13(18)17-14(2,3)4/h10-12,16H,5-9,15H2,1-4H3,(H,17,18). The van der Waals surface area contributed by atoms with Gasteiger partial charge >= 0.3 is 0 Å². The van der Waals surface area contributed by atoms with Crippen molar-refractivity contribution in [3.05, 3.63) is 0 Å². The second kappa shape index (κ2) is 6.53. The zero-order chi connectivity index (χ0) is 13.8. The first-order valence-corrected chi connectivity index (χ1v) is 7.06. The van der Waals surface area contributed by atoms with Gasteiger partial charge in [0.15, 0.2) is 0 Å². The van der Waals surface area contributed by atoms with Gasteiger partial charge in [-0.1, -0.05) is 6.92 Å². The summed E-state index contributed by atoms with van der Waals surface area (Å²) in [6.07, 6.45) is 3.19. The van der Waals surface area contributed by atoms with E-state index in [-0.39, 0.29) is 17.5 Å². The van der Waals surface area contributed by atoms with Crippen LogP contribution in [0.15, 0.2) is 0 Å².